The van der Waals surface area contributed by atoms with Crippen molar-refractivity contribution in [3.63, 3.8) is 0 Å². The minimum Gasteiger partial charge on any atom is -0.372 e. The van der Waals surface area contributed by atoms with Crippen LogP contribution in [0.2, 0.25) is 0 Å². The highest BCUT2D eigenvalue weighted by atomic mass is 16.3. The number of ketones is 1. The Bertz CT molecular complexity index is 1080. The van der Waals surface area contributed by atoms with Gasteiger partial charge in [-0.1, -0.05) is 91.0 Å². The molecule has 1 fully saturated rings. The van der Waals surface area contributed by atoms with Crippen molar-refractivity contribution in [3.05, 3.63) is 108 Å². The number of likely N-dealkylation sites (tertiary alicyclic amines) is 1. The quantitative estimate of drug-likeness (QED) is 0.550. The van der Waals surface area contributed by atoms with Gasteiger partial charge in [0.2, 0.25) is 5.91 Å². The number of aliphatic hydroxyl groups is 1. The highest BCUT2D eigenvalue weighted by molar-refractivity contribution is 6.04. The molecule has 0 unspecified atom stereocenters. The van der Waals surface area contributed by atoms with Gasteiger partial charge in [0.1, 0.15) is 0 Å². The first-order valence-corrected chi connectivity index (χ1v) is 11.0. The third-order valence-corrected chi connectivity index (χ3v) is 6.06. The molecular weight excluding hydrogens is 416 g/mol. The van der Waals surface area contributed by atoms with E-state index in [0.717, 1.165) is 6.42 Å². The van der Waals surface area contributed by atoms with Crippen LogP contribution in [0, 0.1) is 0 Å². The van der Waals surface area contributed by atoms with Crippen molar-refractivity contribution in [2.45, 2.75) is 24.5 Å². The Labute approximate surface area is 192 Å². The number of benzene rings is 3. The van der Waals surface area contributed by atoms with Crippen molar-refractivity contribution >= 4 is 17.6 Å². The van der Waals surface area contributed by atoms with Crippen LogP contribution in [0.1, 0.15) is 34.3 Å². The molecule has 1 aliphatic heterocycles. The van der Waals surface area contributed by atoms with Crippen LogP contribution in [0.3, 0.4) is 0 Å². The molecule has 0 radical (unpaired) electrons. The standard InChI is InChI=1S/C27H26N2O4/c30-24(20-11-4-1-5-12-20)19-29-18-10-17-23(29)25(31)28-26(32)27(33,21-13-6-2-7-14-21)22-15-8-3-9-16-22/h1-9,11-16,23,33H,10,17-19H2,(H,28,31,32)/t23-/m0/s1. The average molecular weight is 443 g/mol. The van der Waals surface area contributed by atoms with Crippen LogP contribution in [-0.2, 0) is 15.2 Å². The Morgan fingerprint density at radius 1 is 0.848 bits per heavy atom. The number of amides is 2. The predicted molar refractivity (Wildman–Crippen MR) is 124 cm³/mol. The second kappa shape index (κ2) is 9.90. The molecule has 0 saturated carbocycles. The van der Waals surface area contributed by atoms with Gasteiger partial charge in [-0.15, -0.1) is 0 Å². The Kier molecular flexibility index (Phi) is 6.77. The van der Waals surface area contributed by atoms with Gasteiger partial charge in [-0.2, -0.15) is 0 Å². The van der Waals surface area contributed by atoms with Crippen LogP contribution in [0.15, 0.2) is 91.0 Å². The summed E-state index contributed by atoms with van der Waals surface area (Å²) in [4.78, 5) is 40.8. The van der Waals surface area contributed by atoms with Crippen LogP contribution in [0.4, 0.5) is 0 Å². The van der Waals surface area contributed by atoms with Gasteiger partial charge in [-0.3, -0.25) is 24.6 Å². The van der Waals surface area contributed by atoms with E-state index in [2.05, 4.69) is 5.32 Å². The molecule has 168 valence electrons. The molecule has 3 aromatic carbocycles. The van der Waals surface area contributed by atoms with Crippen LogP contribution in [0.25, 0.3) is 0 Å². The topological polar surface area (TPSA) is 86.7 Å². The Balaban J connectivity index is 1.52. The Morgan fingerprint density at radius 2 is 1.36 bits per heavy atom. The molecule has 0 aromatic heterocycles. The average Bonchev–Trinajstić information content (AvgIpc) is 3.33. The van der Waals surface area contributed by atoms with Crippen molar-refractivity contribution in [1.29, 1.82) is 0 Å². The molecule has 4 rings (SSSR count). The number of carbonyl (C=O) groups is 3. The summed E-state index contributed by atoms with van der Waals surface area (Å²) in [6, 6.07) is 25.4. The molecule has 33 heavy (non-hydrogen) atoms. The third-order valence-electron chi connectivity index (χ3n) is 6.06. The zero-order valence-electron chi connectivity index (χ0n) is 18.2. The van der Waals surface area contributed by atoms with E-state index in [-0.39, 0.29) is 12.3 Å². The number of rotatable bonds is 7. The molecule has 1 saturated heterocycles. The first-order valence-electron chi connectivity index (χ1n) is 11.0. The fourth-order valence-corrected chi connectivity index (χ4v) is 4.29. The lowest BCUT2D eigenvalue weighted by Gasteiger charge is -2.29. The van der Waals surface area contributed by atoms with Crippen molar-refractivity contribution in [2.75, 3.05) is 13.1 Å². The first kappa shape index (κ1) is 22.6. The van der Waals surface area contributed by atoms with Gasteiger partial charge in [-0.05, 0) is 30.5 Å². The molecule has 6 heteroatoms. The third kappa shape index (κ3) is 4.77. The molecule has 2 N–H and O–H groups in total. The van der Waals surface area contributed by atoms with E-state index in [1.165, 1.54) is 0 Å². The van der Waals surface area contributed by atoms with Crippen molar-refractivity contribution in [2.24, 2.45) is 0 Å². The summed E-state index contributed by atoms with van der Waals surface area (Å²) >= 11 is 0. The molecule has 3 aromatic rings. The molecule has 2 amide bonds. The number of nitrogens with one attached hydrogen (secondary N) is 1. The van der Waals surface area contributed by atoms with Gasteiger partial charge in [-0.25, -0.2) is 0 Å². The lowest BCUT2D eigenvalue weighted by molar-refractivity contribution is -0.142. The normalized spacial score (nSPS) is 16.3. The maximum absolute atomic E-state index is 13.3. The highest BCUT2D eigenvalue weighted by Crippen LogP contribution is 2.30. The first-order chi connectivity index (χ1) is 16.0. The van der Waals surface area contributed by atoms with Crippen LogP contribution < -0.4 is 5.32 Å². The Hall–Kier alpha value is -3.61. The van der Waals surface area contributed by atoms with Gasteiger partial charge in [0.25, 0.3) is 5.91 Å². The van der Waals surface area contributed by atoms with E-state index < -0.39 is 23.5 Å². The van der Waals surface area contributed by atoms with Crippen molar-refractivity contribution < 1.29 is 19.5 Å². The summed E-state index contributed by atoms with van der Waals surface area (Å²) in [6.45, 7) is 0.685. The monoisotopic (exact) mass is 442 g/mol. The molecule has 1 aliphatic rings. The van der Waals surface area contributed by atoms with Gasteiger partial charge in [0.15, 0.2) is 11.4 Å². The Morgan fingerprint density at radius 3 is 1.91 bits per heavy atom. The fraction of sp³-hybridized carbons (Fsp3) is 0.222. The molecule has 0 aliphatic carbocycles. The van der Waals surface area contributed by atoms with E-state index in [1.54, 1.807) is 89.8 Å². The summed E-state index contributed by atoms with van der Waals surface area (Å²) in [5.41, 5.74) is -0.711. The largest absolute Gasteiger partial charge is 0.372 e. The van der Waals surface area contributed by atoms with Crippen LogP contribution in [-0.4, -0.2) is 46.7 Å². The summed E-state index contributed by atoms with van der Waals surface area (Å²) in [7, 11) is 0. The second-order valence-corrected chi connectivity index (χ2v) is 8.18. The van der Waals surface area contributed by atoms with E-state index in [0.29, 0.717) is 29.7 Å². The van der Waals surface area contributed by atoms with Gasteiger partial charge in [0, 0.05) is 5.56 Å². The van der Waals surface area contributed by atoms with Crippen LogP contribution in [0.5, 0.6) is 0 Å². The fourth-order valence-electron chi connectivity index (χ4n) is 4.29. The number of Topliss-reactive ketones (excluding diaryl/α,β-unsaturated/α-hetero) is 1. The molecular formula is C27H26N2O4. The van der Waals surface area contributed by atoms with Gasteiger partial charge < -0.3 is 5.11 Å². The minimum atomic E-state index is -2.03. The molecule has 0 spiro atoms. The van der Waals surface area contributed by atoms with Crippen molar-refractivity contribution in [1.82, 2.24) is 10.2 Å². The summed E-state index contributed by atoms with van der Waals surface area (Å²) in [6.07, 6.45) is 1.28. The zero-order chi connectivity index (χ0) is 23.3. The van der Waals surface area contributed by atoms with Crippen molar-refractivity contribution in [3.8, 4) is 0 Å². The molecule has 1 atom stereocenters. The van der Waals surface area contributed by atoms with Gasteiger partial charge in [0.05, 0.1) is 12.6 Å². The highest BCUT2D eigenvalue weighted by Gasteiger charge is 2.42. The van der Waals surface area contributed by atoms with E-state index >= 15 is 0 Å². The lowest BCUT2D eigenvalue weighted by atomic mass is 9.85. The summed E-state index contributed by atoms with van der Waals surface area (Å²) in [5, 5.41) is 14.0. The molecule has 0 bridgehead atoms. The predicted octanol–water partition coefficient (Wildman–Crippen LogP) is 2.91. The van der Waals surface area contributed by atoms with E-state index in [9.17, 15) is 19.5 Å². The second-order valence-electron chi connectivity index (χ2n) is 8.18. The van der Waals surface area contributed by atoms with Gasteiger partial charge >= 0.3 is 0 Å². The number of nitrogens with zero attached hydrogens (tertiary/aromatic N) is 1. The number of carbonyl (C=O) groups excluding carboxylic acids is 3. The number of hydrogen-bond acceptors (Lipinski definition) is 5. The maximum atomic E-state index is 13.3. The maximum Gasteiger partial charge on any atom is 0.267 e. The molecule has 1 heterocycles. The summed E-state index contributed by atoms with van der Waals surface area (Å²) < 4.78 is 0. The molecule has 6 nitrogen and oxygen atoms in total. The lowest BCUT2D eigenvalue weighted by Crippen LogP contribution is -2.53. The van der Waals surface area contributed by atoms with E-state index in [4.69, 9.17) is 0 Å². The van der Waals surface area contributed by atoms with E-state index in [1.807, 2.05) is 6.07 Å². The number of imide groups is 1. The smallest absolute Gasteiger partial charge is 0.267 e. The summed E-state index contributed by atoms with van der Waals surface area (Å²) in [5.74, 6) is -1.40. The number of hydrogen-bond donors (Lipinski definition) is 2. The SMILES string of the molecule is O=C(CN1CCC[C@H]1C(=O)NC(=O)C(O)(c1ccccc1)c1ccccc1)c1ccccc1. The minimum absolute atomic E-state index is 0.0771. The zero-order valence-corrected chi connectivity index (χ0v) is 18.2. The van der Waals surface area contributed by atoms with Crippen LogP contribution >= 0.6 is 0 Å².